The third-order valence-electron chi connectivity index (χ3n) is 6.97. The van der Waals surface area contributed by atoms with E-state index in [9.17, 15) is 2.74 Å². The maximum atomic E-state index is 9.47. The second kappa shape index (κ2) is 9.95. The monoisotopic (exact) mass is 567 g/mol. The molecule has 0 fully saturated rings. The SMILES string of the molecule is [2H]c1cc([2H])c2c(c1[2H])c1c([2H])c3c([2H])c([2H])c([2H])c([2H])c3c([2H])c1n2-c1ccc(Cl)cc1-c1nc(-c2ccccc2)nc(-c2ccccc2)n1. The Hall–Kier alpha value is -5.32. The van der Waals surface area contributed by atoms with Crippen LogP contribution in [0.3, 0.4) is 0 Å². The van der Waals surface area contributed by atoms with Gasteiger partial charge >= 0.3 is 0 Å². The second-order valence-corrected chi connectivity index (χ2v) is 9.98. The minimum absolute atomic E-state index is 0.00614. The van der Waals surface area contributed by atoms with Gasteiger partial charge < -0.3 is 4.57 Å². The van der Waals surface area contributed by atoms with Crippen LogP contribution in [0.4, 0.5) is 0 Å². The van der Waals surface area contributed by atoms with Crippen molar-refractivity contribution in [2.75, 3.05) is 0 Å². The van der Waals surface area contributed by atoms with E-state index in [1.165, 1.54) is 10.6 Å². The molecule has 0 spiro atoms. The van der Waals surface area contributed by atoms with Crippen molar-refractivity contribution >= 4 is 44.2 Å². The van der Waals surface area contributed by atoms with Gasteiger partial charge in [0.1, 0.15) is 0 Å². The van der Waals surface area contributed by atoms with E-state index in [-0.39, 0.29) is 68.6 Å². The Morgan fingerprint density at radius 3 is 1.90 bits per heavy atom. The number of para-hydroxylation sites is 1. The van der Waals surface area contributed by atoms with Gasteiger partial charge in [-0.1, -0.05) is 115 Å². The number of hydrogen-bond acceptors (Lipinski definition) is 3. The second-order valence-electron chi connectivity index (χ2n) is 9.54. The molecule has 42 heavy (non-hydrogen) atoms. The summed E-state index contributed by atoms with van der Waals surface area (Å²) in [4.78, 5) is 14.5. The molecule has 0 amide bonds. The van der Waals surface area contributed by atoms with Gasteiger partial charge in [0.2, 0.25) is 0 Å². The molecular formula is C37H23ClN4. The molecule has 0 atom stereocenters. The van der Waals surface area contributed by atoms with Crippen LogP contribution in [0.25, 0.3) is 72.4 Å². The molecule has 0 saturated carbocycles. The molecule has 8 rings (SSSR count). The zero-order chi connectivity index (χ0) is 35.9. The standard InChI is InChI=1S/C37H23ClN4/c38-28-19-20-33(42-32-18-10-9-17-29(32)30-21-26-15-7-8-16-27(26)22-34(30)42)31(23-28)37-40-35(24-11-3-1-4-12-24)39-36(41-37)25-13-5-2-6-14-25/h1-23H/i7D,8D,9D,15D,16D,17D,18D,21D,22D. The van der Waals surface area contributed by atoms with Crippen LogP contribution in [0.15, 0.2) is 139 Å². The summed E-state index contributed by atoms with van der Waals surface area (Å²) in [5, 5.41) is -0.00812. The summed E-state index contributed by atoms with van der Waals surface area (Å²) in [6.07, 6.45) is 0. The highest BCUT2D eigenvalue weighted by Crippen LogP contribution is 2.38. The minimum atomic E-state index is -0.560. The lowest BCUT2D eigenvalue weighted by Crippen LogP contribution is -2.03. The first-order valence-electron chi connectivity index (χ1n) is 17.6. The van der Waals surface area contributed by atoms with Crippen molar-refractivity contribution < 1.29 is 12.3 Å². The summed E-state index contributed by atoms with van der Waals surface area (Å²) in [6, 6.07) is 21.3. The van der Waals surface area contributed by atoms with Gasteiger partial charge in [-0.3, -0.25) is 0 Å². The Labute approximate surface area is 260 Å². The van der Waals surface area contributed by atoms with Gasteiger partial charge in [0.25, 0.3) is 0 Å². The van der Waals surface area contributed by atoms with Crippen LogP contribution < -0.4 is 0 Å². The molecule has 0 bridgehead atoms. The predicted octanol–water partition coefficient (Wildman–Crippen LogP) is 9.78. The van der Waals surface area contributed by atoms with Crippen molar-refractivity contribution in [1.82, 2.24) is 19.5 Å². The summed E-state index contributed by atoms with van der Waals surface area (Å²) >= 11 is 6.64. The fourth-order valence-electron chi connectivity index (χ4n) is 5.08. The van der Waals surface area contributed by atoms with Crippen molar-refractivity contribution in [3.05, 3.63) is 144 Å². The quantitative estimate of drug-likeness (QED) is 0.212. The summed E-state index contributed by atoms with van der Waals surface area (Å²) < 4.78 is 80.8. The average Bonchev–Trinajstić information content (AvgIpc) is 3.51. The highest BCUT2D eigenvalue weighted by molar-refractivity contribution is 6.31. The zero-order valence-corrected chi connectivity index (χ0v) is 22.5. The summed E-state index contributed by atoms with van der Waals surface area (Å²) in [7, 11) is 0. The number of aromatic nitrogens is 4. The molecule has 8 aromatic rings. The van der Waals surface area contributed by atoms with Gasteiger partial charge in [-0.25, -0.2) is 15.0 Å². The first-order valence-corrected chi connectivity index (χ1v) is 13.5. The molecule has 4 nitrogen and oxygen atoms in total. The lowest BCUT2D eigenvalue weighted by Gasteiger charge is -2.15. The lowest BCUT2D eigenvalue weighted by atomic mass is 10.1. The van der Waals surface area contributed by atoms with Crippen LogP contribution in [0.2, 0.25) is 5.02 Å². The average molecular weight is 568 g/mol. The third kappa shape index (κ3) is 4.12. The fraction of sp³-hybridized carbons (Fsp3) is 0. The van der Waals surface area contributed by atoms with Crippen molar-refractivity contribution in [2.24, 2.45) is 0 Å². The Morgan fingerprint density at radius 1 is 0.571 bits per heavy atom. The van der Waals surface area contributed by atoms with Crippen molar-refractivity contribution in [1.29, 1.82) is 0 Å². The molecule has 2 heterocycles. The fourth-order valence-corrected chi connectivity index (χ4v) is 5.25. The maximum absolute atomic E-state index is 9.47. The van der Waals surface area contributed by atoms with Gasteiger partial charge in [0.15, 0.2) is 17.5 Å². The molecule has 0 saturated heterocycles. The first kappa shape index (κ1) is 16.8. The molecule has 0 aliphatic carbocycles. The van der Waals surface area contributed by atoms with Crippen LogP contribution >= 0.6 is 11.6 Å². The number of halogens is 1. The normalized spacial score (nSPS) is 14.5. The van der Waals surface area contributed by atoms with E-state index in [1.54, 1.807) is 18.2 Å². The van der Waals surface area contributed by atoms with Gasteiger partial charge in [0, 0.05) is 32.5 Å². The van der Waals surface area contributed by atoms with E-state index in [4.69, 9.17) is 36.1 Å². The third-order valence-corrected chi connectivity index (χ3v) is 7.20. The van der Waals surface area contributed by atoms with E-state index in [0.717, 1.165) is 11.1 Å². The Kier molecular flexibility index (Phi) is 3.99. The van der Waals surface area contributed by atoms with Crippen LogP contribution in [-0.4, -0.2) is 19.5 Å². The summed E-state index contributed by atoms with van der Waals surface area (Å²) in [5.74, 6) is 0.945. The van der Waals surface area contributed by atoms with Crippen LogP contribution in [-0.2, 0) is 0 Å². The maximum Gasteiger partial charge on any atom is 0.166 e. The number of hydrogen-bond donors (Lipinski definition) is 0. The van der Waals surface area contributed by atoms with E-state index < -0.39 is 24.2 Å². The predicted molar refractivity (Wildman–Crippen MR) is 173 cm³/mol. The molecule has 0 unspecified atom stereocenters. The molecule has 2 aromatic heterocycles. The molecule has 0 N–H and O–H groups in total. The van der Waals surface area contributed by atoms with Gasteiger partial charge in [0.05, 0.1) is 29.1 Å². The van der Waals surface area contributed by atoms with E-state index >= 15 is 0 Å². The summed E-state index contributed by atoms with van der Waals surface area (Å²) in [5.41, 5.74) is 2.25. The minimum Gasteiger partial charge on any atom is -0.308 e. The first-order chi connectivity index (χ1) is 24.5. The highest BCUT2D eigenvalue weighted by Gasteiger charge is 2.20. The van der Waals surface area contributed by atoms with Crippen molar-refractivity contribution in [3.63, 3.8) is 0 Å². The van der Waals surface area contributed by atoms with Gasteiger partial charge in [-0.2, -0.15) is 0 Å². The molecule has 0 radical (unpaired) electrons. The molecular weight excluding hydrogens is 536 g/mol. The van der Waals surface area contributed by atoms with Crippen LogP contribution in [0.1, 0.15) is 12.3 Å². The van der Waals surface area contributed by atoms with Crippen LogP contribution in [0, 0.1) is 0 Å². The molecule has 0 aliphatic rings. The smallest absolute Gasteiger partial charge is 0.166 e. The zero-order valence-electron chi connectivity index (χ0n) is 30.7. The number of fused-ring (bicyclic) bond motifs is 4. The lowest BCUT2D eigenvalue weighted by molar-refractivity contribution is 1.06. The van der Waals surface area contributed by atoms with Gasteiger partial charge in [-0.05, 0) is 47.1 Å². The van der Waals surface area contributed by atoms with E-state index in [1.807, 2.05) is 60.7 Å². The number of benzene rings is 6. The van der Waals surface area contributed by atoms with E-state index in [2.05, 4.69) is 0 Å². The number of nitrogens with zero attached hydrogens (tertiary/aromatic N) is 4. The molecule has 198 valence electrons. The largest absolute Gasteiger partial charge is 0.308 e. The molecule has 0 aliphatic heterocycles. The van der Waals surface area contributed by atoms with E-state index in [0.29, 0.717) is 27.9 Å². The summed E-state index contributed by atoms with van der Waals surface area (Å²) in [6.45, 7) is 0. The highest BCUT2D eigenvalue weighted by atomic mass is 35.5. The molecule has 6 aromatic carbocycles. The Balaban J connectivity index is 1.56. The van der Waals surface area contributed by atoms with Crippen molar-refractivity contribution in [3.8, 4) is 39.9 Å². The molecule has 5 heteroatoms. The van der Waals surface area contributed by atoms with Crippen molar-refractivity contribution in [2.45, 2.75) is 0 Å². The van der Waals surface area contributed by atoms with Crippen LogP contribution in [0.5, 0.6) is 0 Å². The Bertz CT molecular complexity index is 2700. The number of rotatable bonds is 4. The topological polar surface area (TPSA) is 43.6 Å². The Morgan fingerprint density at radius 2 is 1.21 bits per heavy atom. The van der Waals surface area contributed by atoms with Gasteiger partial charge in [-0.15, -0.1) is 0 Å².